The quantitative estimate of drug-likeness (QED) is 0.338. The predicted molar refractivity (Wildman–Crippen MR) is 134 cm³/mol. The van der Waals surface area contributed by atoms with Gasteiger partial charge in [-0.3, -0.25) is 0 Å². The van der Waals surface area contributed by atoms with Gasteiger partial charge in [-0.05, 0) is 90.9 Å². The number of imidazole rings is 1. The van der Waals surface area contributed by atoms with Crippen LogP contribution in [0.4, 0.5) is 0 Å². The van der Waals surface area contributed by atoms with E-state index in [1.165, 1.54) is 3.57 Å². The average molecular weight is 537 g/mol. The molecule has 5 rings (SSSR count). The van der Waals surface area contributed by atoms with Crippen LogP contribution in [-0.2, 0) is 0 Å². The van der Waals surface area contributed by atoms with Crippen molar-refractivity contribution in [2.24, 2.45) is 0 Å². The number of aromatic nitrogens is 4. The van der Waals surface area contributed by atoms with E-state index in [-0.39, 0.29) is 0 Å². The minimum absolute atomic E-state index is 0.332. The van der Waals surface area contributed by atoms with Crippen molar-refractivity contribution in [3.63, 3.8) is 0 Å². The molecule has 0 bridgehead atoms. The molecule has 162 valence electrons. The normalized spacial score (nSPS) is 15.8. The van der Waals surface area contributed by atoms with Crippen LogP contribution in [0, 0.1) is 17.4 Å². The van der Waals surface area contributed by atoms with E-state index < -0.39 is 0 Å². The second-order valence-corrected chi connectivity index (χ2v) is 9.40. The lowest BCUT2D eigenvalue weighted by molar-refractivity contribution is 0.441. The maximum atomic E-state index is 6.04. The molecule has 2 aromatic heterocycles. The Morgan fingerprint density at radius 3 is 2.53 bits per heavy atom. The smallest absolute Gasteiger partial charge is 0.322 e. The Hall–Kier alpha value is -2.78. The van der Waals surface area contributed by atoms with Gasteiger partial charge in [-0.25, -0.2) is 9.97 Å². The van der Waals surface area contributed by atoms with Crippen LogP contribution in [0.15, 0.2) is 61.1 Å². The highest BCUT2D eigenvalue weighted by atomic mass is 127. The average Bonchev–Trinajstić information content (AvgIpc) is 3.44. The molecule has 1 aliphatic heterocycles. The Labute approximate surface area is 201 Å². The van der Waals surface area contributed by atoms with Crippen LogP contribution in [0.2, 0.25) is 0 Å². The summed E-state index contributed by atoms with van der Waals surface area (Å²) in [5, 5.41) is 3.45. The van der Waals surface area contributed by atoms with Gasteiger partial charge in [0.15, 0.2) is 0 Å². The minimum Gasteiger partial charge on any atom is -0.424 e. The van der Waals surface area contributed by atoms with Gasteiger partial charge >= 0.3 is 6.01 Å². The molecule has 6 nitrogen and oxygen atoms in total. The third-order valence-electron chi connectivity index (χ3n) is 5.62. The fraction of sp³-hybridized carbons (Fsp3) is 0.240. The first kappa shape index (κ1) is 21.1. The monoisotopic (exact) mass is 537 g/mol. The van der Waals surface area contributed by atoms with E-state index in [0.29, 0.717) is 12.1 Å². The SMILES string of the molecule is Cc1cc(C)cc(Oc2nccc(-c3c(-c4ccc(I)cc4)ncn3[C@@H]3CCNC3)n2)c1. The van der Waals surface area contributed by atoms with Gasteiger partial charge in [0.1, 0.15) is 5.75 Å². The Morgan fingerprint density at radius 1 is 1.03 bits per heavy atom. The molecule has 32 heavy (non-hydrogen) atoms. The van der Waals surface area contributed by atoms with Crippen molar-refractivity contribution >= 4 is 22.6 Å². The minimum atomic E-state index is 0.332. The first-order valence-electron chi connectivity index (χ1n) is 10.7. The fourth-order valence-corrected chi connectivity index (χ4v) is 4.57. The maximum absolute atomic E-state index is 6.04. The van der Waals surface area contributed by atoms with E-state index in [1.54, 1.807) is 6.20 Å². The first-order chi connectivity index (χ1) is 15.6. The molecule has 3 heterocycles. The van der Waals surface area contributed by atoms with Crippen molar-refractivity contribution in [1.82, 2.24) is 24.8 Å². The molecular weight excluding hydrogens is 513 g/mol. The van der Waals surface area contributed by atoms with E-state index in [1.807, 2.05) is 24.5 Å². The van der Waals surface area contributed by atoms with E-state index in [2.05, 4.69) is 81.6 Å². The van der Waals surface area contributed by atoms with Gasteiger partial charge in [0.25, 0.3) is 0 Å². The zero-order valence-corrected chi connectivity index (χ0v) is 20.2. The van der Waals surface area contributed by atoms with Gasteiger partial charge in [0, 0.05) is 27.9 Å². The van der Waals surface area contributed by atoms with E-state index in [4.69, 9.17) is 14.7 Å². The Bertz CT molecular complexity index is 1230. The van der Waals surface area contributed by atoms with Crippen LogP contribution in [-0.4, -0.2) is 32.6 Å². The molecule has 1 atom stereocenters. The van der Waals surface area contributed by atoms with E-state index in [0.717, 1.165) is 59.0 Å². The molecule has 0 amide bonds. The number of ether oxygens (including phenoxy) is 1. The molecule has 1 saturated heterocycles. The second-order valence-electron chi connectivity index (χ2n) is 8.15. The number of rotatable bonds is 5. The lowest BCUT2D eigenvalue weighted by Gasteiger charge is -2.16. The van der Waals surface area contributed by atoms with Gasteiger partial charge in [-0.15, -0.1) is 0 Å². The second kappa shape index (κ2) is 8.99. The zero-order chi connectivity index (χ0) is 22.1. The van der Waals surface area contributed by atoms with Gasteiger partial charge in [-0.1, -0.05) is 18.2 Å². The summed E-state index contributed by atoms with van der Waals surface area (Å²) >= 11 is 2.32. The van der Waals surface area contributed by atoms with E-state index >= 15 is 0 Å². The summed E-state index contributed by atoms with van der Waals surface area (Å²) in [4.78, 5) is 14.0. The van der Waals surface area contributed by atoms with Crippen molar-refractivity contribution in [3.05, 3.63) is 75.8 Å². The Kier molecular flexibility index (Phi) is 5.93. The summed E-state index contributed by atoms with van der Waals surface area (Å²) < 4.78 is 9.48. The third-order valence-corrected chi connectivity index (χ3v) is 6.34. The number of halogens is 1. The molecule has 0 radical (unpaired) electrons. The molecule has 2 aromatic carbocycles. The molecule has 0 spiro atoms. The standard InChI is InChI=1S/C25H24IN5O/c1-16-11-17(2)13-21(12-16)32-25-28-10-8-22(30-25)24-23(18-3-5-19(26)6-4-18)29-15-31(24)20-7-9-27-14-20/h3-6,8,10-13,15,20,27H,7,9,14H2,1-2H3/t20-/m1/s1. The molecule has 0 unspecified atom stereocenters. The van der Waals surface area contributed by atoms with Gasteiger partial charge < -0.3 is 14.6 Å². The van der Waals surface area contributed by atoms with Crippen LogP contribution in [0.3, 0.4) is 0 Å². The van der Waals surface area contributed by atoms with Crippen LogP contribution in [0.1, 0.15) is 23.6 Å². The molecule has 7 heteroatoms. The zero-order valence-electron chi connectivity index (χ0n) is 18.0. The molecule has 0 aliphatic carbocycles. The summed E-state index contributed by atoms with van der Waals surface area (Å²) in [7, 11) is 0. The predicted octanol–water partition coefficient (Wildman–Crippen LogP) is 5.56. The third kappa shape index (κ3) is 4.40. The number of hydrogen-bond donors (Lipinski definition) is 1. The molecule has 4 aromatic rings. The lowest BCUT2D eigenvalue weighted by Crippen LogP contribution is -2.14. The number of nitrogens with zero attached hydrogens (tertiary/aromatic N) is 4. The number of nitrogens with one attached hydrogen (secondary N) is 1. The molecule has 1 N–H and O–H groups in total. The molecule has 1 aliphatic rings. The Balaban J connectivity index is 1.57. The number of hydrogen-bond acceptors (Lipinski definition) is 5. The highest BCUT2D eigenvalue weighted by molar-refractivity contribution is 14.1. The van der Waals surface area contributed by atoms with Crippen LogP contribution in [0.5, 0.6) is 11.8 Å². The number of benzene rings is 2. The maximum Gasteiger partial charge on any atom is 0.322 e. The summed E-state index contributed by atoms with van der Waals surface area (Å²) in [5.74, 6) is 0.742. The van der Waals surface area contributed by atoms with Crippen molar-refractivity contribution in [2.45, 2.75) is 26.3 Å². The van der Waals surface area contributed by atoms with Crippen molar-refractivity contribution in [3.8, 4) is 34.4 Å². The van der Waals surface area contributed by atoms with Crippen molar-refractivity contribution in [2.75, 3.05) is 13.1 Å². The van der Waals surface area contributed by atoms with Crippen molar-refractivity contribution < 1.29 is 4.74 Å². The van der Waals surface area contributed by atoms with E-state index in [9.17, 15) is 0 Å². The van der Waals surface area contributed by atoms with Crippen LogP contribution >= 0.6 is 22.6 Å². The number of aryl methyl sites for hydroxylation is 2. The van der Waals surface area contributed by atoms with Gasteiger partial charge in [-0.2, -0.15) is 4.98 Å². The van der Waals surface area contributed by atoms with Gasteiger partial charge in [0.2, 0.25) is 0 Å². The van der Waals surface area contributed by atoms with Crippen LogP contribution < -0.4 is 10.1 Å². The summed E-state index contributed by atoms with van der Waals surface area (Å²) in [6, 6.07) is 17.1. The molecule has 1 fully saturated rings. The fourth-order valence-electron chi connectivity index (χ4n) is 4.21. The highest BCUT2D eigenvalue weighted by Gasteiger charge is 2.24. The topological polar surface area (TPSA) is 64.9 Å². The van der Waals surface area contributed by atoms with Crippen molar-refractivity contribution in [1.29, 1.82) is 0 Å². The molecule has 0 saturated carbocycles. The van der Waals surface area contributed by atoms with Crippen LogP contribution in [0.25, 0.3) is 22.6 Å². The Morgan fingerprint density at radius 2 is 1.81 bits per heavy atom. The highest BCUT2D eigenvalue weighted by Crippen LogP contribution is 2.34. The summed E-state index contributed by atoms with van der Waals surface area (Å²) in [5.41, 5.74) is 6.07. The van der Waals surface area contributed by atoms with Gasteiger partial charge in [0.05, 0.1) is 23.4 Å². The molecular formula is C25H24IN5O. The first-order valence-corrected chi connectivity index (χ1v) is 11.8. The summed E-state index contributed by atoms with van der Waals surface area (Å²) in [6.07, 6.45) is 4.75. The summed E-state index contributed by atoms with van der Waals surface area (Å²) in [6.45, 7) is 6.04. The largest absolute Gasteiger partial charge is 0.424 e. The lowest BCUT2D eigenvalue weighted by atomic mass is 10.1.